The molecule has 1 N–H and O–H groups in total. The number of rotatable bonds is 4. The molecule has 1 spiro atoms. The smallest absolute Gasteiger partial charge is 0.239 e. The van der Waals surface area contributed by atoms with Gasteiger partial charge in [-0.3, -0.25) is 9.69 Å². The molecule has 2 aliphatic heterocycles. The molecule has 2 aliphatic carbocycles. The molecule has 4 fully saturated rings. The van der Waals surface area contributed by atoms with Crippen molar-refractivity contribution < 1.29 is 14.3 Å². The molecule has 5 heteroatoms. The first-order valence-electron chi connectivity index (χ1n) is 8.97. The summed E-state index contributed by atoms with van der Waals surface area (Å²) >= 11 is 0. The van der Waals surface area contributed by atoms with Crippen LogP contribution in [-0.2, 0) is 14.3 Å². The van der Waals surface area contributed by atoms with Gasteiger partial charge in [0, 0.05) is 32.3 Å². The van der Waals surface area contributed by atoms with Crippen LogP contribution < -0.4 is 5.32 Å². The van der Waals surface area contributed by atoms with Crippen LogP contribution >= 0.6 is 0 Å². The van der Waals surface area contributed by atoms with Gasteiger partial charge < -0.3 is 14.8 Å². The second-order valence-corrected chi connectivity index (χ2v) is 7.62. The first-order valence-corrected chi connectivity index (χ1v) is 8.97. The minimum atomic E-state index is -0.0770. The van der Waals surface area contributed by atoms with E-state index in [2.05, 4.69) is 10.2 Å². The fourth-order valence-electron chi connectivity index (χ4n) is 4.26. The maximum atomic E-state index is 12.7. The zero-order chi connectivity index (χ0) is 15.0. The number of carbonyl (C=O) groups is 1. The van der Waals surface area contributed by atoms with Crippen LogP contribution in [0.5, 0.6) is 0 Å². The Morgan fingerprint density at radius 1 is 1.18 bits per heavy atom. The summed E-state index contributed by atoms with van der Waals surface area (Å²) in [6, 6.07) is 0.295. The molecule has 0 aromatic carbocycles. The molecule has 4 rings (SSSR count). The van der Waals surface area contributed by atoms with Gasteiger partial charge in [0.1, 0.15) is 6.04 Å². The van der Waals surface area contributed by atoms with Crippen molar-refractivity contribution in [1.82, 2.24) is 10.2 Å². The fraction of sp³-hybridized carbons (Fsp3) is 0.941. The van der Waals surface area contributed by atoms with Gasteiger partial charge in [-0.05, 0) is 43.4 Å². The molecule has 2 unspecified atom stereocenters. The van der Waals surface area contributed by atoms with Crippen LogP contribution in [0, 0.1) is 11.3 Å². The molecular formula is C17H28N2O3. The van der Waals surface area contributed by atoms with Crippen molar-refractivity contribution in [2.24, 2.45) is 11.3 Å². The molecule has 0 bridgehead atoms. The van der Waals surface area contributed by atoms with E-state index in [0.717, 1.165) is 58.1 Å². The highest BCUT2D eigenvalue weighted by Crippen LogP contribution is 2.53. The summed E-state index contributed by atoms with van der Waals surface area (Å²) in [6.45, 7) is 5.01. The van der Waals surface area contributed by atoms with Crippen molar-refractivity contribution in [2.45, 2.75) is 50.6 Å². The van der Waals surface area contributed by atoms with Gasteiger partial charge in [-0.25, -0.2) is 0 Å². The minimum Gasteiger partial charge on any atom is -0.381 e. The predicted molar refractivity (Wildman–Crippen MR) is 82.6 cm³/mol. The van der Waals surface area contributed by atoms with Crippen molar-refractivity contribution >= 4 is 5.91 Å². The molecule has 0 aromatic rings. The Morgan fingerprint density at radius 3 is 2.73 bits per heavy atom. The van der Waals surface area contributed by atoms with Crippen molar-refractivity contribution in [3.63, 3.8) is 0 Å². The van der Waals surface area contributed by atoms with Gasteiger partial charge in [0.2, 0.25) is 5.91 Å². The number of hydrogen-bond donors (Lipinski definition) is 1. The molecule has 2 atom stereocenters. The normalized spacial score (nSPS) is 35.1. The van der Waals surface area contributed by atoms with Crippen molar-refractivity contribution in [1.29, 1.82) is 0 Å². The molecule has 5 nitrogen and oxygen atoms in total. The highest BCUT2D eigenvalue weighted by atomic mass is 16.5. The van der Waals surface area contributed by atoms with Gasteiger partial charge >= 0.3 is 0 Å². The highest BCUT2D eigenvalue weighted by molar-refractivity contribution is 5.82. The van der Waals surface area contributed by atoms with Crippen molar-refractivity contribution in [3.8, 4) is 0 Å². The van der Waals surface area contributed by atoms with E-state index in [1.54, 1.807) is 0 Å². The first-order chi connectivity index (χ1) is 10.8. The van der Waals surface area contributed by atoms with Gasteiger partial charge in [0.15, 0.2) is 0 Å². The molecular weight excluding hydrogens is 280 g/mol. The van der Waals surface area contributed by atoms with Crippen molar-refractivity contribution in [3.05, 3.63) is 0 Å². The SMILES string of the molecule is O=C(NC1CC12CCOCC2)C1COCCN1CC1CCC1. The van der Waals surface area contributed by atoms with Crippen LogP contribution in [0.1, 0.15) is 38.5 Å². The Bertz CT molecular complexity index is 418. The van der Waals surface area contributed by atoms with Crippen LogP contribution in [0.25, 0.3) is 0 Å². The molecule has 1 amide bonds. The number of morpholine rings is 1. The third-order valence-electron chi connectivity index (χ3n) is 6.25. The number of carbonyl (C=O) groups excluding carboxylic acids is 1. The summed E-state index contributed by atoms with van der Waals surface area (Å²) in [5, 5.41) is 3.31. The highest BCUT2D eigenvalue weighted by Gasteiger charge is 2.55. The first kappa shape index (κ1) is 14.9. The average molecular weight is 308 g/mol. The van der Waals surface area contributed by atoms with Crippen LogP contribution in [-0.4, -0.2) is 62.4 Å². The standard InChI is InChI=1S/C17H28N2O3/c20-16(18-15-10-17(15)4-7-21-8-5-17)14-12-22-9-6-19(14)11-13-2-1-3-13/h13-15H,1-12H2,(H,18,20). The summed E-state index contributed by atoms with van der Waals surface area (Å²) in [7, 11) is 0. The summed E-state index contributed by atoms with van der Waals surface area (Å²) in [5.41, 5.74) is 0.349. The molecule has 0 aromatic heterocycles. The van der Waals surface area contributed by atoms with Crippen LogP contribution in [0.3, 0.4) is 0 Å². The van der Waals surface area contributed by atoms with E-state index < -0.39 is 0 Å². The number of hydrogen-bond acceptors (Lipinski definition) is 4. The van der Waals surface area contributed by atoms with E-state index in [1.807, 2.05) is 0 Å². The van der Waals surface area contributed by atoms with Crippen LogP contribution in [0.15, 0.2) is 0 Å². The Morgan fingerprint density at radius 2 is 2.00 bits per heavy atom. The van der Waals surface area contributed by atoms with E-state index in [4.69, 9.17) is 9.47 Å². The molecule has 2 saturated heterocycles. The maximum absolute atomic E-state index is 12.7. The lowest BCUT2D eigenvalue weighted by atomic mass is 9.84. The lowest BCUT2D eigenvalue weighted by Gasteiger charge is -2.39. The Hall–Kier alpha value is -0.650. The average Bonchev–Trinajstić information content (AvgIpc) is 3.15. The summed E-state index contributed by atoms with van der Waals surface area (Å²) in [6.07, 6.45) is 7.36. The molecule has 22 heavy (non-hydrogen) atoms. The lowest BCUT2D eigenvalue weighted by molar-refractivity contribution is -0.133. The van der Waals surface area contributed by atoms with Gasteiger partial charge in [-0.15, -0.1) is 0 Å². The minimum absolute atomic E-state index is 0.0770. The van der Waals surface area contributed by atoms with E-state index in [0.29, 0.717) is 18.1 Å². The van der Waals surface area contributed by atoms with Crippen molar-refractivity contribution in [2.75, 3.05) is 39.5 Å². The van der Waals surface area contributed by atoms with Gasteiger partial charge in [-0.2, -0.15) is 0 Å². The number of nitrogens with zero attached hydrogens (tertiary/aromatic N) is 1. The third kappa shape index (κ3) is 2.91. The Balaban J connectivity index is 1.32. The number of nitrogens with one attached hydrogen (secondary N) is 1. The zero-order valence-electron chi connectivity index (χ0n) is 13.4. The summed E-state index contributed by atoms with van der Waals surface area (Å²) < 4.78 is 11.0. The lowest BCUT2D eigenvalue weighted by Crippen LogP contribution is -2.56. The van der Waals surface area contributed by atoms with Gasteiger partial charge in [0.25, 0.3) is 0 Å². The molecule has 0 radical (unpaired) electrons. The van der Waals surface area contributed by atoms with E-state index in [-0.39, 0.29) is 11.9 Å². The molecule has 124 valence electrons. The predicted octanol–water partition coefficient (Wildman–Crippen LogP) is 1.17. The van der Waals surface area contributed by atoms with E-state index in [9.17, 15) is 4.79 Å². The Labute approximate surface area is 132 Å². The van der Waals surface area contributed by atoms with E-state index >= 15 is 0 Å². The second-order valence-electron chi connectivity index (χ2n) is 7.62. The van der Waals surface area contributed by atoms with Crippen LogP contribution in [0.2, 0.25) is 0 Å². The maximum Gasteiger partial charge on any atom is 0.239 e. The third-order valence-corrected chi connectivity index (χ3v) is 6.25. The topological polar surface area (TPSA) is 50.8 Å². The van der Waals surface area contributed by atoms with Gasteiger partial charge in [0.05, 0.1) is 13.2 Å². The number of ether oxygens (including phenoxy) is 2. The monoisotopic (exact) mass is 308 g/mol. The van der Waals surface area contributed by atoms with Crippen LogP contribution in [0.4, 0.5) is 0 Å². The fourth-order valence-corrected chi connectivity index (χ4v) is 4.26. The molecule has 2 saturated carbocycles. The van der Waals surface area contributed by atoms with Gasteiger partial charge in [-0.1, -0.05) is 6.42 Å². The van der Waals surface area contributed by atoms with E-state index in [1.165, 1.54) is 19.3 Å². The summed E-state index contributed by atoms with van der Waals surface area (Å²) in [4.78, 5) is 15.1. The second kappa shape index (κ2) is 6.10. The molecule has 4 aliphatic rings. The quantitative estimate of drug-likeness (QED) is 0.847. The molecule has 2 heterocycles. The zero-order valence-corrected chi connectivity index (χ0v) is 13.4. The Kier molecular flexibility index (Phi) is 4.13. The largest absolute Gasteiger partial charge is 0.381 e. The number of amides is 1. The summed E-state index contributed by atoms with van der Waals surface area (Å²) in [5.74, 6) is 0.989.